The first-order valence-corrected chi connectivity index (χ1v) is 6.79. The Balaban J connectivity index is 2.15. The molecular formula is C14H17N5O2. The fourth-order valence-corrected chi connectivity index (χ4v) is 2.48. The van der Waals surface area contributed by atoms with E-state index < -0.39 is 11.9 Å². The Labute approximate surface area is 122 Å². The molecule has 0 saturated carbocycles. The predicted molar refractivity (Wildman–Crippen MR) is 80.2 cm³/mol. The highest BCUT2D eigenvalue weighted by Crippen LogP contribution is 2.27. The van der Waals surface area contributed by atoms with Crippen LogP contribution in [0.1, 0.15) is 0 Å². The van der Waals surface area contributed by atoms with Crippen molar-refractivity contribution < 1.29 is 9.53 Å². The number of para-hydroxylation sites is 1. The molecule has 1 unspecified atom stereocenters. The number of ether oxygens (including phenoxy) is 1. The van der Waals surface area contributed by atoms with Gasteiger partial charge in [0.25, 0.3) is 0 Å². The molecule has 0 radical (unpaired) electrons. The molecule has 1 saturated heterocycles. The summed E-state index contributed by atoms with van der Waals surface area (Å²) >= 11 is 0. The quantitative estimate of drug-likeness (QED) is 0.846. The number of rotatable bonds is 3. The highest BCUT2D eigenvalue weighted by atomic mass is 16.5. The lowest BCUT2D eigenvalue weighted by atomic mass is 10.1. The summed E-state index contributed by atoms with van der Waals surface area (Å²) in [6.07, 6.45) is 0. The highest BCUT2D eigenvalue weighted by molar-refractivity contribution is 5.93. The normalized spacial score (nSPS) is 18.7. The van der Waals surface area contributed by atoms with Crippen molar-refractivity contribution in [1.29, 1.82) is 0 Å². The molecular weight excluding hydrogens is 270 g/mol. The van der Waals surface area contributed by atoms with Gasteiger partial charge in [-0.15, -0.1) is 0 Å². The average Bonchev–Trinajstić information content (AvgIpc) is 2.53. The molecule has 7 heteroatoms. The van der Waals surface area contributed by atoms with Crippen molar-refractivity contribution in [3.63, 3.8) is 0 Å². The minimum atomic E-state index is -0.512. The largest absolute Gasteiger partial charge is 0.377 e. The Hall–Kier alpha value is -2.41. The molecule has 1 fully saturated rings. The standard InChI is InChI=1S/C14H17N5O2/c1-16-14-17-10-5-3-2-4-9(10)13(18-14)19-6-7-21-8-11(19)12(15)20/h2-5,11H,6-8H2,1H3,(H2,15,20)(H,16,17,18). The van der Waals surface area contributed by atoms with E-state index in [-0.39, 0.29) is 6.61 Å². The number of benzene rings is 1. The summed E-state index contributed by atoms with van der Waals surface area (Å²) in [7, 11) is 1.76. The number of nitrogens with zero attached hydrogens (tertiary/aromatic N) is 3. The first kappa shape index (κ1) is 13.6. The molecule has 1 aromatic carbocycles. The summed E-state index contributed by atoms with van der Waals surface area (Å²) in [5.74, 6) is 0.805. The van der Waals surface area contributed by atoms with Gasteiger partial charge < -0.3 is 20.7 Å². The number of nitrogens with two attached hydrogens (primary N) is 1. The molecule has 1 atom stereocenters. The van der Waals surface area contributed by atoms with Crippen LogP contribution in [0.25, 0.3) is 10.9 Å². The van der Waals surface area contributed by atoms with Crippen LogP contribution >= 0.6 is 0 Å². The second-order valence-corrected chi connectivity index (χ2v) is 4.82. The maximum Gasteiger partial charge on any atom is 0.242 e. The number of aromatic nitrogens is 2. The van der Waals surface area contributed by atoms with Crippen molar-refractivity contribution in [2.45, 2.75) is 6.04 Å². The van der Waals surface area contributed by atoms with Crippen molar-refractivity contribution in [3.8, 4) is 0 Å². The second-order valence-electron chi connectivity index (χ2n) is 4.82. The van der Waals surface area contributed by atoms with Crippen LogP contribution in [-0.2, 0) is 9.53 Å². The minimum Gasteiger partial charge on any atom is -0.377 e. The molecule has 2 aromatic rings. The van der Waals surface area contributed by atoms with Gasteiger partial charge in [-0.3, -0.25) is 4.79 Å². The molecule has 1 aromatic heterocycles. The van der Waals surface area contributed by atoms with Crippen LogP contribution < -0.4 is 16.0 Å². The number of amides is 1. The van der Waals surface area contributed by atoms with Gasteiger partial charge >= 0.3 is 0 Å². The third-order valence-electron chi connectivity index (χ3n) is 3.54. The van der Waals surface area contributed by atoms with Gasteiger partial charge in [0, 0.05) is 19.0 Å². The van der Waals surface area contributed by atoms with Gasteiger partial charge in [-0.2, -0.15) is 4.98 Å². The number of hydrogen-bond donors (Lipinski definition) is 2. The molecule has 0 spiro atoms. The molecule has 1 amide bonds. The third kappa shape index (κ3) is 2.47. The van der Waals surface area contributed by atoms with Crippen LogP contribution in [0.2, 0.25) is 0 Å². The Morgan fingerprint density at radius 2 is 2.24 bits per heavy atom. The number of carbonyl (C=O) groups excluding carboxylic acids is 1. The van der Waals surface area contributed by atoms with Gasteiger partial charge in [0.15, 0.2) is 0 Å². The molecule has 3 rings (SSSR count). The molecule has 110 valence electrons. The number of hydrogen-bond acceptors (Lipinski definition) is 6. The van der Waals surface area contributed by atoms with Crippen molar-refractivity contribution in [3.05, 3.63) is 24.3 Å². The lowest BCUT2D eigenvalue weighted by molar-refractivity contribution is -0.121. The SMILES string of the molecule is CNc1nc(N2CCOCC2C(N)=O)c2ccccc2n1. The smallest absolute Gasteiger partial charge is 0.242 e. The number of morpholine rings is 1. The lowest BCUT2D eigenvalue weighted by Crippen LogP contribution is -2.53. The maximum atomic E-state index is 11.7. The summed E-state index contributed by atoms with van der Waals surface area (Å²) in [4.78, 5) is 22.5. The van der Waals surface area contributed by atoms with Crippen molar-refractivity contribution in [2.75, 3.05) is 37.0 Å². The second kappa shape index (κ2) is 5.53. The highest BCUT2D eigenvalue weighted by Gasteiger charge is 2.30. The summed E-state index contributed by atoms with van der Waals surface area (Å²) in [6.45, 7) is 1.39. The molecule has 1 aliphatic heterocycles. The Morgan fingerprint density at radius 3 is 3.00 bits per heavy atom. The fraction of sp³-hybridized carbons (Fsp3) is 0.357. The first-order chi connectivity index (χ1) is 10.2. The van der Waals surface area contributed by atoms with Crippen LogP contribution in [0.4, 0.5) is 11.8 Å². The van der Waals surface area contributed by atoms with E-state index in [1.165, 1.54) is 0 Å². The topological polar surface area (TPSA) is 93.4 Å². The molecule has 2 heterocycles. The summed E-state index contributed by atoms with van der Waals surface area (Å²) in [5.41, 5.74) is 6.31. The van der Waals surface area contributed by atoms with E-state index in [9.17, 15) is 4.79 Å². The van der Waals surface area contributed by atoms with Gasteiger partial charge in [0.1, 0.15) is 11.9 Å². The van der Waals surface area contributed by atoms with Crippen molar-refractivity contribution in [2.24, 2.45) is 5.73 Å². The Kier molecular flexibility index (Phi) is 3.57. The predicted octanol–water partition coefficient (Wildman–Crippen LogP) is 0.362. The first-order valence-electron chi connectivity index (χ1n) is 6.79. The van der Waals surface area contributed by atoms with Crippen LogP contribution in [0.5, 0.6) is 0 Å². The van der Waals surface area contributed by atoms with Crippen molar-refractivity contribution >= 4 is 28.6 Å². The van der Waals surface area contributed by atoms with Crippen LogP contribution in [0.15, 0.2) is 24.3 Å². The number of anilines is 2. The van der Waals surface area contributed by atoms with E-state index in [1.807, 2.05) is 29.2 Å². The fourth-order valence-electron chi connectivity index (χ4n) is 2.48. The van der Waals surface area contributed by atoms with E-state index in [1.54, 1.807) is 7.05 Å². The maximum absolute atomic E-state index is 11.7. The Bertz CT molecular complexity index is 675. The van der Waals surface area contributed by atoms with E-state index in [0.29, 0.717) is 24.9 Å². The van der Waals surface area contributed by atoms with E-state index in [0.717, 1.165) is 10.9 Å². The number of nitrogens with one attached hydrogen (secondary N) is 1. The molecule has 0 aliphatic carbocycles. The van der Waals surface area contributed by atoms with E-state index in [4.69, 9.17) is 10.5 Å². The molecule has 1 aliphatic rings. The molecule has 3 N–H and O–H groups in total. The molecule has 7 nitrogen and oxygen atoms in total. The van der Waals surface area contributed by atoms with E-state index in [2.05, 4.69) is 15.3 Å². The van der Waals surface area contributed by atoms with Crippen molar-refractivity contribution in [1.82, 2.24) is 9.97 Å². The number of fused-ring (bicyclic) bond motifs is 1. The van der Waals surface area contributed by atoms with Gasteiger partial charge in [-0.05, 0) is 12.1 Å². The monoisotopic (exact) mass is 287 g/mol. The van der Waals surface area contributed by atoms with Gasteiger partial charge in [-0.1, -0.05) is 12.1 Å². The summed E-state index contributed by atoms with van der Waals surface area (Å²) in [5, 5.41) is 3.84. The third-order valence-corrected chi connectivity index (χ3v) is 3.54. The number of primary amides is 1. The van der Waals surface area contributed by atoms with Crippen LogP contribution in [0, 0.1) is 0 Å². The van der Waals surface area contributed by atoms with Crippen LogP contribution in [0.3, 0.4) is 0 Å². The zero-order valence-electron chi connectivity index (χ0n) is 11.7. The van der Waals surface area contributed by atoms with Gasteiger partial charge in [0.05, 0.1) is 18.7 Å². The van der Waals surface area contributed by atoms with Gasteiger partial charge in [0.2, 0.25) is 11.9 Å². The Morgan fingerprint density at radius 1 is 1.43 bits per heavy atom. The summed E-state index contributed by atoms with van der Waals surface area (Å²) < 4.78 is 5.36. The average molecular weight is 287 g/mol. The zero-order valence-corrected chi connectivity index (χ0v) is 11.7. The zero-order chi connectivity index (χ0) is 14.8. The molecule has 21 heavy (non-hydrogen) atoms. The van der Waals surface area contributed by atoms with E-state index >= 15 is 0 Å². The summed E-state index contributed by atoms with van der Waals surface area (Å²) in [6, 6.07) is 7.19. The van der Waals surface area contributed by atoms with Gasteiger partial charge in [-0.25, -0.2) is 4.98 Å². The number of carbonyl (C=O) groups is 1. The molecule has 0 bridgehead atoms. The minimum absolute atomic E-state index is 0.280. The van der Waals surface area contributed by atoms with Crippen LogP contribution in [-0.4, -0.2) is 48.7 Å². The lowest BCUT2D eigenvalue weighted by Gasteiger charge is -2.35.